The van der Waals surface area contributed by atoms with Gasteiger partial charge in [0, 0.05) is 0 Å². The molecule has 0 saturated heterocycles. The molecule has 1 aromatic heterocycles. The van der Waals surface area contributed by atoms with E-state index in [4.69, 9.17) is 14.6 Å². The molecule has 0 radical (unpaired) electrons. The van der Waals surface area contributed by atoms with Gasteiger partial charge in [0.25, 0.3) is 0 Å². The van der Waals surface area contributed by atoms with Crippen molar-refractivity contribution in [2.24, 2.45) is 0 Å². The zero-order valence-corrected chi connectivity index (χ0v) is 11.4. The standard InChI is InChI=1S/C14H14N2O4/c1-8-9(2)16-13(7-15-8)20-11-5-4-10(14(17)18)6-12(11)19-3/h4-7H,1-3H3,(H,17,18). The van der Waals surface area contributed by atoms with Gasteiger partial charge >= 0.3 is 5.97 Å². The van der Waals surface area contributed by atoms with Crippen LogP contribution in [-0.4, -0.2) is 28.2 Å². The number of hydrogen-bond donors (Lipinski definition) is 1. The third kappa shape index (κ3) is 2.85. The Labute approximate surface area is 116 Å². The van der Waals surface area contributed by atoms with Crippen LogP contribution in [0.25, 0.3) is 0 Å². The fraction of sp³-hybridized carbons (Fsp3) is 0.214. The first-order chi connectivity index (χ1) is 9.51. The van der Waals surface area contributed by atoms with E-state index in [1.54, 1.807) is 0 Å². The fourth-order valence-electron chi connectivity index (χ4n) is 1.57. The maximum atomic E-state index is 10.9. The smallest absolute Gasteiger partial charge is 0.335 e. The maximum Gasteiger partial charge on any atom is 0.335 e. The molecule has 0 spiro atoms. The average molecular weight is 274 g/mol. The van der Waals surface area contributed by atoms with Crippen molar-refractivity contribution in [2.45, 2.75) is 13.8 Å². The maximum absolute atomic E-state index is 10.9. The summed E-state index contributed by atoms with van der Waals surface area (Å²) in [6.45, 7) is 3.69. The van der Waals surface area contributed by atoms with E-state index in [1.807, 2.05) is 13.8 Å². The highest BCUT2D eigenvalue weighted by atomic mass is 16.5. The molecular weight excluding hydrogens is 260 g/mol. The molecule has 6 nitrogen and oxygen atoms in total. The summed E-state index contributed by atoms with van der Waals surface area (Å²) >= 11 is 0. The molecule has 104 valence electrons. The molecule has 0 aliphatic carbocycles. The molecule has 2 aromatic rings. The number of carbonyl (C=O) groups is 1. The van der Waals surface area contributed by atoms with Crippen molar-refractivity contribution in [2.75, 3.05) is 7.11 Å². The van der Waals surface area contributed by atoms with E-state index in [2.05, 4.69) is 9.97 Å². The quantitative estimate of drug-likeness (QED) is 0.922. The summed E-state index contributed by atoms with van der Waals surface area (Å²) in [6, 6.07) is 4.36. The first-order valence-electron chi connectivity index (χ1n) is 5.90. The minimum absolute atomic E-state index is 0.125. The Kier molecular flexibility index (Phi) is 3.84. The van der Waals surface area contributed by atoms with Crippen molar-refractivity contribution in [3.05, 3.63) is 41.3 Å². The van der Waals surface area contributed by atoms with E-state index in [0.717, 1.165) is 11.4 Å². The van der Waals surface area contributed by atoms with Crippen LogP contribution in [0.3, 0.4) is 0 Å². The highest BCUT2D eigenvalue weighted by Crippen LogP contribution is 2.31. The number of ether oxygens (including phenoxy) is 2. The highest BCUT2D eigenvalue weighted by molar-refractivity contribution is 5.88. The number of aromatic nitrogens is 2. The highest BCUT2D eigenvalue weighted by Gasteiger charge is 2.11. The first-order valence-corrected chi connectivity index (χ1v) is 5.90. The van der Waals surface area contributed by atoms with Crippen molar-refractivity contribution in [3.8, 4) is 17.4 Å². The predicted octanol–water partition coefficient (Wildman–Crippen LogP) is 2.59. The van der Waals surface area contributed by atoms with Crippen LogP contribution < -0.4 is 9.47 Å². The summed E-state index contributed by atoms with van der Waals surface area (Å²) in [5, 5.41) is 8.93. The van der Waals surface area contributed by atoms with Crippen LogP contribution in [0.1, 0.15) is 21.7 Å². The Bertz CT molecular complexity index is 656. The largest absolute Gasteiger partial charge is 0.493 e. The van der Waals surface area contributed by atoms with Gasteiger partial charge in [0.1, 0.15) is 0 Å². The second-order valence-electron chi connectivity index (χ2n) is 4.15. The average Bonchev–Trinajstić information content (AvgIpc) is 2.43. The molecule has 2 rings (SSSR count). The van der Waals surface area contributed by atoms with Gasteiger partial charge in [-0.3, -0.25) is 4.98 Å². The van der Waals surface area contributed by atoms with Gasteiger partial charge in [-0.15, -0.1) is 0 Å². The summed E-state index contributed by atoms with van der Waals surface area (Å²) in [5.74, 6) is 0.00952. The van der Waals surface area contributed by atoms with Crippen LogP contribution in [0.5, 0.6) is 17.4 Å². The van der Waals surface area contributed by atoms with Gasteiger partial charge in [-0.2, -0.15) is 0 Å². The molecule has 1 heterocycles. The van der Waals surface area contributed by atoms with Gasteiger partial charge in [-0.25, -0.2) is 9.78 Å². The summed E-state index contributed by atoms with van der Waals surface area (Å²) in [4.78, 5) is 19.3. The summed E-state index contributed by atoms with van der Waals surface area (Å²) in [6.07, 6.45) is 1.51. The summed E-state index contributed by atoms with van der Waals surface area (Å²) in [7, 11) is 1.44. The van der Waals surface area contributed by atoms with Gasteiger partial charge in [-0.05, 0) is 32.0 Å². The molecular formula is C14H14N2O4. The normalized spacial score (nSPS) is 10.2. The zero-order valence-electron chi connectivity index (χ0n) is 11.4. The molecule has 0 aliphatic rings. The molecule has 0 aliphatic heterocycles. The lowest BCUT2D eigenvalue weighted by Crippen LogP contribution is -2.00. The minimum Gasteiger partial charge on any atom is -0.493 e. The number of rotatable bonds is 4. The number of hydrogen-bond acceptors (Lipinski definition) is 5. The molecule has 0 saturated carbocycles. The SMILES string of the molecule is COc1cc(C(=O)O)ccc1Oc1cnc(C)c(C)n1. The van der Waals surface area contributed by atoms with Crippen molar-refractivity contribution in [1.82, 2.24) is 9.97 Å². The Balaban J connectivity index is 2.32. The first kappa shape index (κ1) is 13.8. The van der Waals surface area contributed by atoms with Crippen LogP contribution in [0, 0.1) is 13.8 Å². The number of carboxylic acid groups (broad SMARTS) is 1. The van der Waals surface area contributed by atoms with Crippen LogP contribution in [0.4, 0.5) is 0 Å². The summed E-state index contributed by atoms with van der Waals surface area (Å²) in [5.41, 5.74) is 1.72. The molecule has 20 heavy (non-hydrogen) atoms. The number of nitrogens with zero attached hydrogens (tertiary/aromatic N) is 2. The number of carboxylic acids is 1. The lowest BCUT2D eigenvalue weighted by atomic mass is 10.2. The second-order valence-corrected chi connectivity index (χ2v) is 4.15. The van der Waals surface area contributed by atoms with E-state index < -0.39 is 5.97 Å². The van der Waals surface area contributed by atoms with Crippen LogP contribution >= 0.6 is 0 Å². The molecule has 1 aromatic carbocycles. The van der Waals surface area contributed by atoms with Gasteiger partial charge in [0.15, 0.2) is 11.5 Å². The zero-order chi connectivity index (χ0) is 14.7. The van der Waals surface area contributed by atoms with E-state index in [0.29, 0.717) is 17.4 Å². The van der Waals surface area contributed by atoms with E-state index >= 15 is 0 Å². The number of methoxy groups -OCH3 is 1. The number of aryl methyl sites for hydroxylation is 2. The predicted molar refractivity (Wildman–Crippen MR) is 71.5 cm³/mol. The van der Waals surface area contributed by atoms with E-state index in [1.165, 1.54) is 31.5 Å². The number of benzene rings is 1. The Morgan fingerprint density at radius 3 is 2.55 bits per heavy atom. The fourth-order valence-corrected chi connectivity index (χ4v) is 1.57. The second kappa shape index (κ2) is 5.56. The van der Waals surface area contributed by atoms with Crippen molar-refractivity contribution in [1.29, 1.82) is 0 Å². The molecule has 0 amide bonds. The topological polar surface area (TPSA) is 81.5 Å². The Morgan fingerprint density at radius 2 is 1.95 bits per heavy atom. The van der Waals surface area contributed by atoms with Crippen molar-refractivity contribution < 1.29 is 19.4 Å². The van der Waals surface area contributed by atoms with Gasteiger partial charge in [-0.1, -0.05) is 0 Å². The molecule has 0 atom stereocenters. The van der Waals surface area contributed by atoms with Gasteiger partial charge in [0.2, 0.25) is 5.88 Å². The van der Waals surface area contributed by atoms with Crippen LogP contribution in [0.2, 0.25) is 0 Å². The third-order valence-corrected chi connectivity index (χ3v) is 2.80. The van der Waals surface area contributed by atoms with E-state index in [-0.39, 0.29) is 5.56 Å². The third-order valence-electron chi connectivity index (χ3n) is 2.80. The minimum atomic E-state index is -1.03. The molecule has 0 fully saturated rings. The Hall–Kier alpha value is -2.63. The molecule has 6 heteroatoms. The van der Waals surface area contributed by atoms with Crippen LogP contribution in [-0.2, 0) is 0 Å². The van der Waals surface area contributed by atoms with Gasteiger partial charge < -0.3 is 14.6 Å². The van der Waals surface area contributed by atoms with Crippen molar-refractivity contribution >= 4 is 5.97 Å². The van der Waals surface area contributed by atoms with Gasteiger partial charge in [0.05, 0.1) is 30.3 Å². The number of aromatic carboxylic acids is 1. The molecule has 0 bridgehead atoms. The monoisotopic (exact) mass is 274 g/mol. The molecule has 1 N–H and O–H groups in total. The lowest BCUT2D eigenvalue weighted by Gasteiger charge is -2.10. The van der Waals surface area contributed by atoms with Crippen molar-refractivity contribution in [3.63, 3.8) is 0 Å². The summed E-state index contributed by atoms with van der Waals surface area (Å²) < 4.78 is 10.7. The Morgan fingerprint density at radius 1 is 1.20 bits per heavy atom. The molecule has 0 unspecified atom stereocenters. The van der Waals surface area contributed by atoms with Crippen LogP contribution in [0.15, 0.2) is 24.4 Å². The lowest BCUT2D eigenvalue weighted by molar-refractivity contribution is 0.0696. The van der Waals surface area contributed by atoms with E-state index in [9.17, 15) is 4.79 Å².